The minimum absolute atomic E-state index is 0. The first-order valence-electron chi connectivity index (χ1n) is 9.89. The molecule has 0 fully saturated rings. The van der Waals surface area contributed by atoms with Gasteiger partial charge in [0.05, 0.1) is 12.2 Å². The standard InChI is InChI=1S/C22H27FN4O3.HI/c1-4-24-21(26-14-22(3,28)19-10-5-15(2)30-19)25-12-11-18-13-29-20(27-18)16-6-8-17(23)9-7-16;/h5-10,13,28H,4,11-12,14H2,1-3H3,(H2,24,25,26);1H. The van der Waals surface area contributed by atoms with Gasteiger partial charge in [-0.2, -0.15) is 0 Å². The average Bonchev–Trinajstić information content (AvgIpc) is 3.36. The highest BCUT2D eigenvalue weighted by atomic mass is 127. The molecule has 0 aliphatic rings. The number of guanidine groups is 1. The highest BCUT2D eigenvalue weighted by molar-refractivity contribution is 14.0. The summed E-state index contributed by atoms with van der Waals surface area (Å²) in [5.74, 6) is 1.97. The van der Waals surface area contributed by atoms with Gasteiger partial charge in [-0.15, -0.1) is 24.0 Å². The van der Waals surface area contributed by atoms with Crippen molar-refractivity contribution >= 4 is 29.9 Å². The summed E-state index contributed by atoms with van der Waals surface area (Å²) in [6, 6.07) is 9.58. The molecule has 9 heteroatoms. The minimum atomic E-state index is -1.20. The molecule has 2 aromatic heterocycles. The molecule has 0 amide bonds. The van der Waals surface area contributed by atoms with Gasteiger partial charge in [0, 0.05) is 25.1 Å². The molecule has 0 radical (unpaired) electrons. The first kappa shape index (κ1) is 24.9. The zero-order chi connectivity index (χ0) is 21.6. The average molecular weight is 542 g/mol. The Hall–Kier alpha value is -2.40. The summed E-state index contributed by atoms with van der Waals surface area (Å²) in [5, 5.41) is 17.0. The van der Waals surface area contributed by atoms with Crippen molar-refractivity contribution < 1.29 is 18.3 Å². The second kappa shape index (κ2) is 11.3. The molecule has 168 valence electrons. The minimum Gasteiger partial charge on any atom is -0.463 e. The molecule has 0 bridgehead atoms. The predicted molar refractivity (Wildman–Crippen MR) is 128 cm³/mol. The maximum Gasteiger partial charge on any atom is 0.226 e. The van der Waals surface area contributed by atoms with Gasteiger partial charge >= 0.3 is 0 Å². The molecule has 2 heterocycles. The van der Waals surface area contributed by atoms with Crippen molar-refractivity contribution in [3.05, 3.63) is 65.7 Å². The zero-order valence-electron chi connectivity index (χ0n) is 17.8. The highest BCUT2D eigenvalue weighted by Gasteiger charge is 2.26. The van der Waals surface area contributed by atoms with Gasteiger partial charge in [-0.1, -0.05) is 0 Å². The summed E-state index contributed by atoms with van der Waals surface area (Å²) < 4.78 is 24.1. The Bertz CT molecular complexity index is 983. The Kier molecular flexibility index (Phi) is 9.05. The number of halogens is 2. The third kappa shape index (κ3) is 7.06. The third-order valence-corrected chi connectivity index (χ3v) is 4.48. The second-order valence-electron chi connectivity index (χ2n) is 7.21. The van der Waals surface area contributed by atoms with E-state index < -0.39 is 5.60 Å². The van der Waals surface area contributed by atoms with Crippen LogP contribution in [0.3, 0.4) is 0 Å². The van der Waals surface area contributed by atoms with E-state index in [1.165, 1.54) is 12.1 Å². The summed E-state index contributed by atoms with van der Waals surface area (Å²) in [7, 11) is 0. The number of oxazole rings is 1. The van der Waals surface area contributed by atoms with Gasteiger partial charge in [0.15, 0.2) is 5.96 Å². The lowest BCUT2D eigenvalue weighted by Gasteiger charge is -2.19. The molecular formula is C22H28FIN4O3. The van der Waals surface area contributed by atoms with Gasteiger partial charge in [-0.3, -0.25) is 0 Å². The molecule has 0 aliphatic heterocycles. The number of furan rings is 1. The molecule has 0 saturated carbocycles. The van der Waals surface area contributed by atoms with Crippen LogP contribution in [0, 0.1) is 12.7 Å². The van der Waals surface area contributed by atoms with E-state index in [1.807, 2.05) is 19.9 Å². The molecule has 1 unspecified atom stereocenters. The SMILES string of the molecule is CCNC(=NCC(C)(O)c1ccc(C)o1)NCCc1coc(-c2ccc(F)cc2)n1.I. The van der Waals surface area contributed by atoms with Crippen molar-refractivity contribution in [2.45, 2.75) is 32.8 Å². The Morgan fingerprint density at radius 1 is 1.19 bits per heavy atom. The molecule has 31 heavy (non-hydrogen) atoms. The number of hydrogen-bond donors (Lipinski definition) is 3. The largest absolute Gasteiger partial charge is 0.463 e. The summed E-state index contributed by atoms with van der Waals surface area (Å²) in [6.07, 6.45) is 2.21. The van der Waals surface area contributed by atoms with E-state index >= 15 is 0 Å². The summed E-state index contributed by atoms with van der Waals surface area (Å²) in [4.78, 5) is 8.91. The third-order valence-electron chi connectivity index (χ3n) is 4.48. The van der Waals surface area contributed by atoms with Crippen LogP contribution >= 0.6 is 24.0 Å². The molecular weight excluding hydrogens is 514 g/mol. The number of benzene rings is 1. The van der Waals surface area contributed by atoms with Crippen LogP contribution in [-0.4, -0.2) is 35.7 Å². The smallest absolute Gasteiger partial charge is 0.226 e. The van der Waals surface area contributed by atoms with Crippen molar-refractivity contribution in [1.82, 2.24) is 15.6 Å². The maximum absolute atomic E-state index is 13.0. The highest BCUT2D eigenvalue weighted by Crippen LogP contribution is 2.23. The number of hydrogen-bond acceptors (Lipinski definition) is 5. The number of aliphatic hydroxyl groups is 1. The molecule has 7 nitrogen and oxygen atoms in total. The van der Waals surface area contributed by atoms with Crippen molar-refractivity contribution in [3.8, 4) is 11.5 Å². The molecule has 3 aromatic rings. The normalized spacial score (nSPS) is 13.4. The lowest BCUT2D eigenvalue weighted by Crippen LogP contribution is -2.39. The van der Waals surface area contributed by atoms with Gasteiger partial charge in [0.1, 0.15) is 29.2 Å². The molecule has 0 aliphatic carbocycles. The van der Waals surface area contributed by atoms with E-state index in [2.05, 4.69) is 20.6 Å². The summed E-state index contributed by atoms with van der Waals surface area (Å²) >= 11 is 0. The summed E-state index contributed by atoms with van der Waals surface area (Å²) in [6.45, 7) is 6.88. The van der Waals surface area contributed by atoms with Crippen LogP contribution in [-0.2, 0) is 12.0 Å². The molecule has 1 atom stereocenters. The van der Waals surface area contributed by atoms with Gasteiger partial charge in [-0.05, 0) is 57.2 Å². The Morgan fingerprint density at radius 2 is 1.94 bits per heavy atom. The number of aromatic nitrogens is 1. The van der Waals surface area contributed by atoms with Crippen LogP contribution in [0.4, 0.5) is 4.39 Å². The van der Waals surface area contributed by atoms with Gasteiger partial charge in [0.25, 0.3) is 0 Å². The quantitative estimate of drug-likeness (QED) is 0.226. The van der Waals surface area contributed by atoms with Crippen LogP contribution in [0.5, 0.6) is 0 Å². The fourth-order valence-electron chi connectivity index (χ4n) is 2.83. The molecule has 0 saturated heterocycles. The number of nitrogens with one attached hydrogen (secondary N) is 2. The Labute approximate surface area is 198 Å². The fraction of sp³-hybridized carbons (Fsp3) is 0.364. The van der Waals surface area contributed by atoms with Gasteiger partial charge in [0.2, 0.25) is 5.89 Å². The lowest BCUT2D eigenvalue weighted by molar-refractivity contribution is 0.0428. The maximum atomic E-state index is 13.0. The first-order chi connectivity index (χ1) is 14.4. The van der Waals surface area contributed by atoms with Crippen molar-refractivity contribution in [1.29, 1.82) is 0 Å². The van der Waals surface area contributed by atoms with E-state index in [-0.39, 0.29) is 36.3 Å². The number of nitrogens with zero attached hydrogens (tertiary/aromatic N) is 2. The van der Waals surface area contributed by atoms with Crippen molar-refractivity contribution in [2.75, 3.05) is 19.6 Å². The number of aliphatic imine (C=N–C) groups is 1. The summed E-state index contributed by atoms with van der Waals surface area (Å²) in [5.41, 5.74) is 0.295. The molecule has 3 N–H and O–H groups in total. The fourth-order valence-corrected chi connectivity index (χ4v) is 2.83. The Morgan fingerprint density at radius 3 is 2.58 bits per heavy atom. The van der Waals surface area contributed by atoms with Gasteiger partial charge in [-0.25, -0.2) is 14.4 Å². The van der Waals surface area contributed by atoms with Crippen LogP contribution in [0.25, 0.3) is 11.5 Å². The first-order valence-corrected chi connectivity index (χ1v) is 9.89. The van der Waals surface area contributed by atoms with Gasteiger partial charge < -0.3 is 24.6 Å². The predicted octanol–water partition coefficient (Wildman–Crippen LogP) is 4.01. The lowest BCUT2D eigenvalue weighted by atomic mass is 10.0. The second-order valence-corrected chi connectivity index (χ2v) is 7.21. The monoisotopic (exact) mass is 542 g/mol. The van der Waals surface area contributed by atoms with Crippen LogP contribution < -0.4 is 10.6 Å². The van der Waals surface area contributed by atoms with E-state index in [0.717, 1.165) is 17.0 Å². The zero-order valence-corrected chi connectivity index (χ0v) is 20.1. The van der Waals surface area contributed by atoms with E-state index in [0.29, 0.717) is 37.1 Å². The topological polar surface area (TPSA) is 95.8 Å². The number of rotatable bonds is 8. The van der Waals surface area contributed by atoms with E-state index in [4.69, 9.17) is 8.83 Å². The van der Waals surface area contributed by atoms with Crippen molar-refractivity contribution in [2.24, 2.45) is 4.99 Å². The van der Waals surface area contributed by atoms with Crippen LogP contribution in [0.1, 0.15) is 31.1 Å². The molecule has 0 spiro atoms. The van der Waals surface area contributed by atoms with Crippen molar-refractivity contribution in [3.63, 3.8) is 0 Å². The number of aryl methyl sites for hydroxylation is 1. The van der Waals surface area contributed by atoms with Crippen LogP contribution in [0.15, 0.2) is 56.5 Å². The Balaban J connectivity index is 0.00000341. The van der Waals surface area contributed by atoms with E-state index in [1.54, 1.807) is 31.4 Å². The molecule has 1 aromatic carbocycles. The molecule has 3 rings (SSSR count). The van der Waals surface area contributed by atoms with Crippen LogP contribution in [0.2, 0.25) is 0 Å². The van der Waals surface area contributed by atoms with E-state index in [9.17, 15) is 9.50 Å².